The van der Waals surface area contributed by atoms with Gasteiger partial charge >= 0.3 is 12.1 Å². The predicted molar refractivity (Wildman–Crippen MR) is 87.3 cm³/mol. The summed E-state index contributed by atoms with van der Waals surface area (Å²) in [7, 11) is 0. The molecular weight excluding hydrogens is 375 g/mol. The van der Waals surface area contributed by atoms with Gasteiger partial charge in [-0.2, -0.15) is 13.2 Å². The van der Waals surface area contributed by atoms with E-state index in [1.54, 1.807) is 12.1 Å². The Balaban J connectivity index is 2.05. The van der Waals surface area contributed by atoms with Crippen LogP contribution in [-0.4, -0.2) is 27.9 Å². The van der Waals surface area contributed by atoms with Crippen molar-refractivity contribution in [2.45, 2.75) is 18.8 Å². The fourth-order valence-corrected chi connectivity index (χ4v) is 2.80. The predicted octanol–water partition coefficient (Wildman–Crippen LogP) is 3.34. The van der Waals surface area contributed by atoms with Gasteiger partial charge in [-0.25, -0.2) is 4.79 Å². The highest BCUT2D eigenvalue weighted by Crippen LogP contribution is 2.39. The van der Waals surface area contributed by atoms with Gasteiger partial charge < -0.3 is 14.4 Å². The van der Waals surface area contributed by atoms with Gasteiger partial charge in [-0.15, -0.1) is 0 Å². The highest BCUT2D eigenvalue weighted by Gasteiger charge is 2.48. The number of aliphatic carboxylic acids is 1. The normalized spacial score (nSPS) is 16.5. The standard InChI is InChI=1S/C17H11ClF3NO4/c18-12-6-9-5-11(16(24)25)15(17(19,20)21)26-13(9)7-10(12)8-22-4-2-1-3-14(22)23/h1-7,15H,8H2,(H,24,25). The maximum atomic E-state index is 13.1. The van der Waals surface area contributed by atoms with Crippen LogP contribution >= 0.6 is 11.6 Å². The Labute approximate surface area is 149 Å². The number of hydrogen-bond acceptors (Lipinski definition) is 3. The number of fused-ring (bicyclic) bond motifs is 1. The summed E-state index contributed by atoms with van der Waals surface area (Å²) in [4.78, 5) is 22.9. The number of nitrogens with zero attached hydrogens (tertiary/aromatic N) is 1. The quantitative estimate of drug-likeness (QED) is 0.880. The number of carbonyl (C=O) groups is 1. The van der Waals surface area contributed by atoms with Crippen molar-refractivity contribution in [3.8, 4) is 5.75 Å². The van der Waals surface area contributed by atoms with Crippen molar-refractivity contribution < 1.29 is 27.8 Å². The first kappa shape index (κ1) is 18.1. The van der Waals surface area contributed by atoms with Crippen molar-refractivity contribution in [1.29, 1.82) is 0 Å². The topological polar surface area (TPSA) is 68.5 Å². The molecule has 1 aromatic carbocycles. The minimum atomic E-state index is -4.89. The van der Waals surface area contributed by atoms with E-state index in [1.807, 2.05) is 0 Å². The Morgan fingerprint density at radius 1 is 1.31 bits per heavy atom. The molecule has 0 aliphatic carbocycles. The second-order valence-corrected chi connectivity index (χ2v) is 6.00. The summed E-state index contributed by atoms with van der Waals surface area (Å²) in [5, 5.41) is 9.20. The summed E-state index contributed by atoms with van der Waals surface area (Å²) in [6.45, 7) is 0.0291. The number of aromatic nitrogens is 1. The zero-order valence-electron chi connectivity index (χ0n) is 13.0. The van der Waals surface area contributed by atoms with Crippen molar-refractivity contribution >= 4 is 23.6 Å². The first-order chi connectivity index (χ1) is 12.2. The van der Waals surface area contributed by atoms with Crippen molar-refractivity contribution in [3.63, 3.8) is 0 Å². The molecule has 1 aromatic heterocycles. The van der Waals surface area contributed by atoms with Crippen LogP contribution < -0.4 is 10.3 Å². The lowest BCUT2D eigenvalue weighted by Gasteiger charge is -2.27. The SMILES string of the molecule is O=C(O)C1=Cc2cc(Cl)c(Cn3ccccc3=O)cc2OC1C(F)(F)F. The van der Waals surface area contributed by atoms with Gasteiger partial charge in [0.05, 0.1) is 12.1 Å². The van der Waals surface area contributed by atoms with Crippen molar-refractivity contribution in [2.24, 2.45) is 0 Å². The molecule has 5 nitrogen and oxygen atoms in total. The Hall–Kier alpha value is -2.74. The fraction of sp³-hybridized carbons (Fsp3) is 0.176. The van der Waals surface area contributed by atoms with Gasteiger partial charge in [0.2, 0.25) is 6.10 Å². The largest absolute Gasteiger partial charge is 0.478 e. The smallest absolute Gasteiger partial charge is 0.430 e. The number of ether oxygens (including phenoxy) is 1. The average Bonchev–Trinajstić information content (AvgIpc) is 2.55. The van der Waals surface area contributed by atoms with Crippen LogP contribution in [0.3, 0.4) is 0 Å². The Morgan fingerprint density at radius 3 is 2.65 bits per heavy atom. The maximum Gasteiger partial charge on any atom is 0.430 e. The molecule has 2 heterocycles. The molecule has 0 bridgehead atoms. The van der Waals surface area contributed by atoms with Crippen LogP contribution in [0.25, 0.3) is 6.08 Å². The van der Waals surface area contributed by atoms with Gasteiger partial charge in [-0.05, 0) is 29.8 Å². The van der Waals surface area contributed by atoms with E-state index in [1.165, 1.54) is 29.0 Å². The first-order valence-electron chi connectivity index (χ1n) is 7.33. The van der Waals surface area contributed by atoms with Gasteiger partial charge in [0.1, 0.15) is 5.75 Å². The zero-order chi connectivity index (χ0) is 19.1. The lowest BCUT2D eigenvalue weighted by Crippen LogP contribution is -2.40. The minimum absolute atomic E-state index is 0.0291. The molecule has 1 atom stereocenters. The average molecular weight is 386 g/mol. The molecule has 3 rings (SSSR count). The molecule has 0 amide bonds. The third kappa shape index (κ3) is 3.45. The second-order valence-electron chi connectivity index (χ2n) is 5.59. The summed E-state index contributed by atoms with van der Waals surface area (Å²) in [6, 6.07) is 7.12. The van der Waals surface area contributed by atoms with Crippen LogP contribution in [0, 0.1) is 0 Å². The molecule has 0 saturated carbocycles. The fourth-order valence-electron chi connectivity index (χ4n) is 2.57. The molecule has 26 heavy (non-hydrogen) atoms. The van der Waals surface area contributed by atoms with Gasteiger partial charge in [0.15, 0.2) is 0 Å². The molecule has 136 valence electrons. The number of alkyl halides is 3. The molecule has 1 unspecified atom stereocenters. The van der Waals surface area contributed by atoms with Gasteiger partial charge in [0, 0.05) is 22.8 Å². The summed E-state index contributed by atoms with van der Waals surface area (Å²) in [5.74, 6) is -1.88. The Morgan fingerprint density at radius 2 is 2.04 bits per heavy atom. The molecule has 1 aliphatic rings. The first-order valence-corrected chi connectivity index (χ1v) is 7.71. The summed E-state index contributed by atoms with van der Waals surface area (Å²) < 4.78 is 45.6. The molecule has 1 N–H and O–H groups in total. The summed E-state index contributed by atoms with van der Waals surface area (Å²) in [5.41, 5.74) is -0.736. The summed E-state index contributed by atoms with van der Waals surface area (Å²) >= 11 is 6.15. The monoisotopic (exact) mass is 385 g/mol. The Kier molecular flexibility index (Phi) is 4.53. The van der Waals surface area contributed by atoms with Crippen LogP contribution in [0.4, 0.5) is 13.2 Å². The number of pyridine rings is 1. The third-order valence-corrected chi connectivity index (χ3v) is 4.15. The van der Waals surface area contributed by atoms with E-state index >= 15 is 0 Å². The maximum absolute atomic E-state index is 13.1. The van der Waals surface area contributed by atoms with E-state index in [-0.39, 0.29) is 28.4 Å². The van der Waals surface area contributed by atoms with Gasteiger partial charge in [-0.1, -0.05) is 17.7 Å². The summed E-state index contributed by atoms with van der Waals surface area (Å²) in [6.07, 6.45) is -5.07. The molecule has 1 aliphatic heterocycles. The highest BCUT2D eigenvalue weighted by molar-refractivity contribution is 6.31. The lowest BCUT2D eigenvalue weighted by atomic mass is 10.00. The van der Waals surface area contributed by atoms with E-state index in [0.717, 1.165) is 6.08 Å². The zero-order valence-corrected chi connectivity index (χ0v) is 13.7. The number of hydrogen-bond donors (Lipinski definition) is 1. The van der Waals surface area contributed by atoms with Crippen LogP contribution in [0.5, 0.6) is 5.75 Å². The van der Waals surface area contributed by atoms with E-state index in [0.29, 0.717) is 5.56 Å². The molecule has 9 heteroatoms. The van der Waals surface area contributed by atoms with Gasteiger partial charge in [-0.3, -0.25) is 4.79 Å². The van der Waals surface area contributed by atoms with E-state index in [9.17, 15) is 22.8 Å². The van der Waals surface area contributed by atoms with Crippen LogP contribution in [0.2, 0.25) is 5.02 Å². The number of halogens is 4. The molecular formula is C17H11ClF3NO4. The number of carboxylic acids is 1. The molecule has 0 fully saturated rings. The third-order valence-electron chi connectivity index (χ3n) is 3.80. The van der Waals surface area contributed by atoms with Gasteiger partial charge in [0.25, 0.3) is 5.56 Å². The lowest BCUT2D eigenvalue weighted by molar-refractivity contribution is -0.187. The van der Waals surface area contributed by atoms with Crippen molar-refractivity contribution in [2.75, 3.05) is 0 Å². The number of rotatable bonds is 3. The van der Waals surface area contributed by atoms with Crippen LogP contribution in [0.15, 0.2) is 46.9 Å². The molecule has 0 spiro atoms. The van der Waals surface area contributed by atoms with Crippen LogP contribution in [0.1, 0.15) is 11.1 Å². The molecule has 2 aromatic rings. The molecule has 0 saturated heterocycles. The number of carboxylic acid groups (broad SMARTS) is 1. The number of benzene rings is 1. The Bertz CT molecular complexity index is 965. The van der Waals surface area contributed by atoms with E-state index < -0.39 is 23.8 Å². The van der Waals surface area contributed by atoms with Crippen molar-refractivity contribution in [3.05, 3.63) is 68.6 Å². The minimum Gasteiger partial charge on any atom is -0.478 e. The highest BCUT2D eigenvalue weighted by atomic mass is 35.5. The van der Waals surface area contributed by atoms with E-state index in [4.69, 9.17) is 21.4 Å². The van der Waals surface area contributed by atoms with Crippen LogP contribution in [-0.2, 0) is 11.3 Å². The molecule has 0 radical (unpaired) electrons. The second kappa shape index (κ2) is 6.53. The van der Waals surface area contributed by atoms with Crippen molar-refractivity contribution in [1.82, 2.24) is 4.57 Å². The van der Waals surface area contributed by atoms with E-state index in [2.05, 4.69) is 0 Å².